The number of anilines is 3. The van der Waals surface area contributed by atoms with Crippen LogP contribution < -0.4 is 10.6 Å². The lowest BCUT2D eigenvalue weighted by Gasteiger charge is -2.24. The molecule has 0 aliphatic heterocycles. The second-order valence-electron chi connectivity index (χ2n) is 4.92. The Labute approximate surface area is 113 Å². The van der Waals surface area contributed by atoms with Crippen molar-refractivity contribution in [3.63, 3.8) is 0 Å². The zero-order valence-electron chi connectivity index (χ0n) is 11.1. The molecule has 1 saturated carbocycles. The van der Waals surface area contributed by atoms with Crippen molar-refractivity contribution in [2.24, 2.45) is 0 Å². The second kappa shape index (κ2) is 5.26. The first-order chi connectivity index (χ1) is 9.35. The molecule has 0 atom stereocenters. The summed E-state index contributed by atoms with van der Waals surface area (Å²) in [6.45, 7) is 0. The maximum Gasteiger partial charge on any atom is 0.227 e. The normalized spacial score (nSPS) is 14.8. The van der Waals surface area contributed by atoms with Gasteiger partial charge in [0.25, 0.3) is 0 Å². The molecule has 0 radical (unpaired) electrons. The number of rotatable bonds is 4. The molecule has 1 aliphatic rings. The van der Waals surface area contributed by atoms with Gasteiger partial charge in [0.15, 0.2) is 0 Å². The Morgan fingerprint density at radius 1 is 1.00 bits per heavy atom. The quantitative estimate of drug-likeness (QED) is 0.876. The Balaban J connectivity index is 1.68. The highest BCUT2D eigenvalue weighted by molar-refractivity contribution is 5.58. The monoisotopic (exact) mass is 254 g/mol. The van der Waals surface area contributed by atoms with Crippen LogP contribution in [0, 0.1) is 0 Å². The van der Waals surface area contributed by atoms with Gasteiger partial charge in [-0.3, -0.25) is 0 Å². The lowest BCUT2D eigenvalue weighted by molar-refractivity contribution is 0.418. The highest BCUT2D eigenvalue weighted by atomic mass is 15.1. The smallest absolute Gasteiger partial charge is 0.227 e. The van der Waals surface area contributed by atoms with Gasteiger partial charge in [-0.15, -0.1) is 0 Å². The minimum absolute atomic E-state index is 0.653. The van der Waals surface area contributed by atoms with Gasteiger partial charge >= 0.3 is 0 Å². The second-order valence-corrected chi connectivity index (χ2v) is 4.92. The first-order valence-electron chi connectivity index (χ1n) is 6.72. The molecule has 0 unspecified atom stereocenters. The van der Waals surface area contributed by atoms with Crippen molar-refractivity contribution in [3.8, 4) is 0 Å². The van der Waals surface area contributed by atoms with Crippen LogP contribution in [0.2, 0.25) is 0 Å². The molecule has 19 heavy (non-hydrogen) atoms. The maximum absolute atomic E-state index is 4.38. The van der Waals surface area contributed by atoms with Crippen molar-refractivity contribution < 1.29 is 0 Å². The number of nitrogens with one attached hydrogen (secondary N) is 2. The molecular weight excluding hydrogens is 236 g/mol. The summed E-state index contributed by atoms with van der Waals surface area (Å²) in [5.74, 6) is 1.34. The fraction of sp³-hybridized carbons (Fsp3) is 0.333. The summed E-state index contributed by atoms with van der Waals surface area (Å²) in [7, 11) is 1.91. The van der Waals surface area contributed by atoms with E-state index in [0.717, 1.165) is 11.4 Å². The molecule has 3 rings (SSSR count). The molecule has 1 aromatic carbocycles. The minimum atomic E-state index is 0.653. The standard InChI is InChI=1S/C15H18N4/c1-16-13-5-7-14(8-6-13)19-15-17-9-12(10-18-15)11-3-2-4-11/h5-11,16H,2-4H2,1H3,(H,17,18,19). The van der Waals surface area contributed by atoms with Crippen LogP contribution in [0.4, 0.5) is 17.3 Å². The van der Waals surface area contributed by atoms with E-state index >= 15 is 0 Å². The number of aromatic nitrogens is 2. The molecule has 98 valence electrons. The van der Waals surface area contributed by atoms with Gasteiger partial charge in [-0.2, -0.15) is 0 Å². The third-order valence-electron chi connectivity index (χ3n) is 3.68. The van der Waals surface area contributed by atoms with Gasteiger partial charge in [-0.25, -0.2) is 9.97 Å². The van der Waals surface area contributed by atoms with Crippen LogP contribution in [0.25, 0.3) is 0 Å². The van der Waals surface area contributed by atoms with Crippen molar-refractivity contribution in [1.29, 1.82) is 0 Å². The molecule has 2 aromatic rings. The van der Waals surface area contributed by atoms with Gasteiger partial charge in [0.1, 0.15) is 0 Å². The van der Waals surface area contributed by atoms with Crippen LogP contribution in [0.3, 0.4) is 0 Å². The molecule has 1 aromatic heterocycles. The van der Waals surface area contributed by atoms with E-state index < -0.39 is 0 Å². The molecule has 4 nitrogen and oxygen atoms in total. The van der Waals surface area contributed by atoms with Gasteiger partial charge < -0.3 is 10.6 Å². The average Bonchev–Trinajstić information content (AvgIpc) is 2.40. The van der Waals surface area contributed by atoms with Crippen molar-refractivity contribution in [2.75, 3.05) is 17.7 Å². The molecule has 4 heteroatoms. The highest BCUT2D eigenvalue weighted by Gasteiger charge is 2.19. The molecule has 1 aliphatic carbocycles. The molecule has 0 saturated heterocycles. The number of hydrogen-bond acceptors (Lipinski definition) is 4. The van der Waals surface area contributed by atoms with Crippen LogP contribution in [-0.2, 0) is 0 Å². The summed E-state index contributed by atoms with van der Waals surface area (Å²) < 4.78 is 0. The largest absolute Gasteiger partial charge is 0.388 e. The zero-order chi connectivity index (χ0) is 13.1. The van der Waals surface area contributed by atoms with Crippen molar-refractivity contribution in [3.05, 3.63) is 42.2 Å². The van der Waals surface area contributed by atoms with Crippen LogP contribution in [0.5, 0.6) is 0 Å². The summed E-state index contributed by atoms with van der Waals surface area (Å²) in [5, 5.41) is 6.30. The van der Waals surface area contributed by atoms with Gasteiger partial charge in [0.2, 0.25) is 5.95 Å². The molecular formula is C15H18N4. The van der Waals surface area contributed by atoms with E-state index in [0.29, 0.717) is 11.9 Å². The highest BCUT2D eigenvalue weighted by Crippen LogP contribution is 2.35. The Hall–Kier alpha value is -2.10. The Kier molecular flexibility index (Phi) is 3.31. The van der Waals surface area contributed by atoms with E-state index in [4.69, 9.17) is 0 Å². The van der Waals surface area contributed by atoms with Gasteiger partial charge in [-0.05, 0) is 48.6 Å². The molecule has 1 heterocycles. The first kappa shape index (κ1) is 12.0. The van der Waals surface area contributed by atoms with Crippen LogP contribution in [0.15, 0.2) is 36.7 Å². The predicted octanol–water partition coefficient (Wildman–Crippen LogP) is 3.53. The first-order valence-corrected chi connectivity index (χ1v) is 6.72. The van der Waals surface area contributed by atoms with Crippen molar-refractivity contribution in [2.45, 2.75) is 25.2 Å². The summed E-state index contributed by atoms with van der Waals surface area (Å²) in [4.78, 5) is 8.76. The van der Waals surface area contributed by atoms with Gasteiger partial charge in [0, 0.05) is 30.8 Å². The van der Waals surface area contributed by atoms with Crippen LogP contribution in [-0.4, -0.2) is 17.0 Å². The Morgan fingerprint density at radius 2 is 1.63 bits per heavy atom. The third kappa shape index (κ3) is 2.67. The van der Waals surface area contributed by atoms with Gasteiger partial charge in [0.05, 0.1) is 0 Å². The zero-order valence-corrected chi connectivity index (χ0v) is 11.1. The molecule has 1 fully saturated rings. The topological polar surface area (TPSA) is 49.8 Å². The summed E-state index contributed by atoms with van der Waals surface area (Å²) in [6, 6.07) is 8.06. The lowest BCUT2D eigenvalue weighted by atomic mass is 9.81. The molecule has 0 spiro atoms. The fourth-order valence-corrected chi connectivity index (χ4v) is 2.20. The van der Waals surface area contributed by atoms with E-state index in [-0.39, 0.29) is 0 Å². The number of hydrogen-bond donors (Lipinski definition) is 2. The Bertz CT molecular complexity index is 529. The summed E-state index contributed by atoms with van der Waals surface area (Å²) >= 11 is 0. The minimum Gasteiger partial charge on any atom is -0.388 e. The van der Waals surface area contributed by atoms with Gasteiger partial charge in [-0.1, -0.05) is 6.42 Å². The SMILES string of the molecule is CNc1ccc(Nc2ncc(C3CCC3)cn2)cc1. The van der Waals surface area contributed by atoms with Crippen LogP contribution in [0.1, 0.15) is 30.7 Å². The van der Waals surface area contributed by atoms with E-state index in [1.165, 1.54) is 24.8 Å². The van der Waals surface area contributed by atoms with E-state index in [9.17, 15) is 0 Å². The molecule has 0 bridgehead atoms. The van der Waals surface area contributed by atoms with Crippen LogP contribution >= 0.6 is 0 Å². The third-order valence-corrected chi connectivity index (χ3v) is 3.68. The Morgan fingerprint density at radius 3 is 2.16 bits per heavy atom. The summed E-state index contributed by atoms with van der Waals surface area (Å²) in [5.41, 5.74) is 3.35. The van der Waals surface area contributed by atoms with Crippen molar-refractivity contribution in [1.82, 2.24) is 9.97 Å². The predicted molar refractivity (Wildman–Crippen MR) is 77.9 cm³/mol. The molecule has 2 N–H and O–H groups in total. The fourth-order valence-electron chi connectivity index (χ4n) is 2.20. The average molecular weight is 254 g/mol. The number of nitrogens with zero attached hydrogens (tertiary/aromatic N) is 2. The lowest BCUT2D eigenvalue weighted by Crippen LogP contribution is -2.10. The molecule has 0 amide bonds. The van der Waals surface area contributed by atoms with E-state index in [1.807, 2.05) is 43.7 Å². The number of benzene rings is 1. The van der Waals surface area contributed by atoms with Crippen molar-refractivity contribution >= 4 is 17.3 Å². The van der Waals surface area contributed by atoms with E-state index in [1.54, 1.807) is 0 Å². The summed E-state index contributed by atoms with van der Waals surface area (Å²) in [6.07, 6.45) is 7.79. The maximum atomic E-state index is 4.38. The van der Waals surface area contributed by atoms with E-state index in [2.05, 4.69) is 20.6 Å².